The van der Waals surface area contributed by atoms with E-state index in [0.29, 0.717) is 29.6 Å². The van der Waals surface area contributed by atoms with E-state index in [9.17, 15) is 4.79 Å². The number of nitrogen functional groups attached to an aromatic ring is 1. The maximum Gasteiger partial charge on any atom is 0.266 e. The lowest BCUT2D eigenvalue weighted by Crippen LogP contribution is -2.38. The summed E-state index contributed by atoms with van der Waals surface area (Å²) in [6, 6.07) is 5.24. The maximum atomic E-state index is 11.9. The molecular weight excluding hydrogens is 234 g/mol. The van der Waals surface area contributed by atoms with Crippen LogP contribution in [0, 0.1) is 0 Å². The zero-order chi connectivity index (χ0) is 12.5. The van der Waals surface area contributed by atoms with Crippen LogP contribution >= 0.6 is 0 Å². The fourth-order valence-electron chi connectivity index (χ4n) is 1.82. The summed E-state index contributed by atoms with van der Waals surface area (Å²) in [5.41, 5.74) is 6.13. The summed E-state index contributed by atoms with van der Waals surface area (Å²) >= 11 is 0. The Hall–Kier alpha value is -2.50. The van der Waals surface area contributed by atoms with Gasteiger partial charge in [0.2, 0.25) is 0 Å². The lowest BCUT2D eigenvalue weighted by atomic mass is 10.3. The fourth-order valence-corrected chi connectivity index (χ4v) is 1.82. The van der Waals surface area contributed by atoms with Crippen molar-refractivity contribution in [3.8, 4) is 5.75 Å². The van der Waals surface area contributed by atoms with Crippen LogP contribution in [0.1, 0.15) is 5.76 Å². The Kier molecular flexibility index (Phi) is 2.40. The van der Waals surface area contributed by atoms with Crippen molar-refractivity contribution in [2.75, 3.05) is 17.2 Å². The summed E-state index contributed by atoms with van der Waals surface area (Å²) < 4.78 is 10.5. The molecule has 0 spiro atoms. The van der Waals surface area contributed by atoms with Crippen LogP contribution < -0.4 is 15.4 Å². The molecule has 2 N–H and O–H groups in total. The van der Waals surface area contributed by atoms with E-state index in [-0.39, 0.29) is 12.5 Å². The van der Waals surface area contributed by atoms with Gasteiger partial charge in [-0.1, -0.05) is 0 Å². The second kappa shape index (κ2) is 4.06. The first-order chi connectivity index (χ1) is 8.74. The van der Waals surface area contributed by atoms with E-state index < -0.39 is 0 Å². The van der Waals surface area contributed by atoms with E-state index in [0.717, 1.165) is 0 Å². The van der Waals surface area contributed by atoms with Gasteiger partial charge in [0.25, 0.3) is 5.91 Å². The Labute approximate surface area is 103 Å². The molecule has 0 aliphatic carbocycles. The van der Waals surface area contributed by atoms with Crippen LogP contribution in [0.25, 0.3) is 0 Å². The van der Waals surface area contributed by atoms with Crippen LogP contribution in [0.3, 0.4) is 0 Å². The number of nitrogens with two attached hydrogens (primary N) is 1. The van der Waals surface area contributed by atoms with Crippen molar-refractivity contribution in [2.24, 2.45) is 0 Å². The summed E-state index contributed by atoms with van der Waals surface area (Å²) in [7, 11) is 0. The smallest absolute Gasteiger partial charge is 0.266 e. The van der Waals surface area contributed by atoms with Gasteiger partial charge in [-0.2, -0.15) is 0 Å². The van der Waals surface area contributed by atoms with Crippen LogP contribution in [0.5, 0.6) is 5.75 Å². The summed E-state index contributed by atoms with van der Waals surface area (Å²) in [6.45, 7) is 0.317. The molecule has 0 saturated carbocycles. The van der Waals surface area contributed by atoms with Crippen LogP contribution in [-0.2, 0) is 11.3 Å². The Morgan fingerprint density at radius 1 is 1.50 bits per heavy atom. The molecule has 0 fully saturated rings. The molecule has 6 nitrogen and oxygen atoms in total. The highest BCUT2D eigenvalue weighted by Crippen LogP contribution is 2.32. The third-order valence-corrected chi connectivity index (χ3v) is 2.66. The number of hydrogen-bond acceptors (Lipinski definition) is 5. The normalized spacial score (nSPS) is 14.2. The van der Waals surface area contributed by atoms with Crippen molar-refractivity contribution in [2.45, 2.75) is 6.54 Å². The van der Waals surface area contributed by atoms with Gasteiger partial charge < -0.3 is 14.9 Å². The van der Waals surface area contributed by atoms with Crippen molar-refractivity contribution in [3.05, 3.63) is 36.4 Å². The van der Waals surface area contributed by atoms with Gasteiger partial charge in [0.1, 0.15) is 5.76 Å². The number of pyridine rings is 1. The third kappa shape index (κ3) is 1.77. The zero-order valence-corrected chi connectivity index (χ0v) is 9.50. The average Bonchev–Trinajstić information content (AvgIpc) is 2.86. The minimum absolute atomic E-state index is 0.0150. The molecule has 6 heteroatoms. The molecule has 2 aromatic heterocycles. The van der Waals surface area contributed by atoms with Crippen LogP contribution in [0.2, 0.25) is 0 Å². The molecule has 3 heterocycles. The first kappa shape index (κ1) is 10.6. The van der Waals surface area contributed by atoms with Gasteiger partial charge in [-0.15, -0.1) is 0 Å². The van der Waals surface area contributed by atoms with Crippen LogP contribution in [0.4, 0.5) is 11.5 Å². The van der Waals surface area contributed by atoms with Crippen LogP contribution in [-0.4, -0.2) is 17.5 Å². The molecule has 1 amide bonds. The number of ether oxygens (including phenoxy) is 1. The number of hydrogen-bond donors (Lipinski definition) is 1. The lowest BCUT2D eigenvalue weighted by Gasteiger charge is -2.27. The Balaban J connectivity index is 1.96. The Morgan fingerprint density at radius 2 is 2.39 bits per heavy atom. The molecule has 1 aliphatic heterocycles. The molecule has 0 bridgehead atoms. The highest BCUT2D eigenvalue weighted by atomic mass is 16.5. The van der Waals surface area contributed by atoms with Gasteiger partial charge in [-0.3, -0.25) is 9.69 Å². The molecule has 0 saturated heterocycles. The highest BCUT2D eigenvalue weighted by Gasteiger charge is 2.27. The molecule has 3 rings (SSSR count). The quantitative estimate of drug-likeness (QED) is 0.859. The number of nitrogens with zero attached hydrogens (tertiary/aromatic N) is 2. The molecule has 0 radical (unpaired) electrons. The summed E-state index contributed by atoms with van der Waals surface area (Å²) in [5, 5.41) is 0. The molecule has 18 heavy (non-hydrogen) atoms. The number of fused-ring (bicyclic) bond motifs is 1. The van der Waals surface area contributed by atoms with Crippen molar-refractivity contribution in [1.29, 1.82) is 0 Å². The van der Waals surface area contributed by atoms with Crippen molar-refractivity contribution >= 4 is 17.4 Å². The predicted molar refractivity (Wildman–Crippen MR) is 64.0 cm³/mol. The Bertz CT molecular complexity index is 580. The largest absolute Gasteiger partial charge is 0.480 e. The Morgan fingerprint density at radius 3 is 3.17 bits per heavy atom. The fraction of sp³-hybridized carbons (Fsp3) is 0.167. The topological polar surface area (TPSA) is 81.6 Å². The second-order valence-corrected chi connectivity index (χ2v) is 3.94. The SMILES string of the molecule is Nc1cnc2c(c1)OCC(=O)N2Cc1ccco1. The minimum atomic E-state index is -0.156. The second-order valence-electron chi connectivity index (χ2n) is 3.94. The minimum Gasteiger partial charge on any atom is -0.480 e. The predicted octanol–water partition coefficient (Wildman–Crippen LogP) is 1.18. The number of aromatic nitrogens is 1. The van der Waals surface area contributed by atoms with E-state index in [4.69, 9.17) is 14.9 Å². The van der Waals surface area contributed by atoms with E-state index in [1.54, 1.807) is 24.5 Å². The molecule has 92 valence electrons. The number of furan rings is 1. The monoisotopic (exact) mass is 245 g/mol. The summed E-state index contributed by atoms with van der Waals surface area (Å²) in [5.74, 6) is 1.52. The summed E-state index contributed by atoms with van der Waals surface area (Å²) in [4.78, 5) is 17.5. The molecule has 0 atom stereocenters. The standard InChI is InChI=1S/C12H11N3O3/c13-8-4-10-12(14-5-8)15(11(16)7-18-10)6-9-2-1-3-17-9/h1-5H,6-7,13H2. The molecule has 0 aromatic carbocycles. The molecule has 2 aromatic rings. The zero-order valence-electron chi connectivity index (χ0n) is 9.50. The number of carbonyl (C=O) groups is 1. The number of rotatable bonds is 2. The summed E-state index contributed by atoms with van der Waals surface area (Å²) in [6.07, 6.45) is 3.06. The van der Waals surface area contributed by atoms with E-state index >= 15 is 0 Å². The number of carbonyl (C=O) groups excluding carboxylic acids is 1. The van der Waals surface area contributed by atoms with Gasteiger partial charge in [0.15, 0.2) is 18.2 Å². The number of anilines is 2. The van der Waals surface area contributed by atoms with E-state index in [2.05, 4.69) is 4.98 Å². The lowest BCUT2D eigenvalue weighted by molar-refractivity contribution is -0.121. The third-order valence-electron chi connectivity index (χ3n) is 2.66. The van der Waals surface area contributed by atoms with Crippen molar-refractivity contribution in [1.82, 2.24) is 4.98 Å². The van der Waals surface area contributed by atoms with E-state index in [1.807, 2.05) is 0 Å². The molecule has 1 aliphatic rings. The maximum absolute atomic E-state index is 11.9. The average molecular weight is 245 g/mol. The van der Waals surface area contributed by atoms with Gasteiger partial charge in [0.05, 0.1) is 24.7 Å². The highest BCUT2D eigenvalue weighted by molar-refractivity contribution is 5.96. The van der Waals surface area contributed by atoms with E-state index in [1.165, 1.54) is 11.1 Å². The van der Waals surface area contributed by atoms with Gasteiger partial charge in [-0.05, 0) is 12.1 Å². The van der Waals surface area contributed by atoms with Crippen molar-refractivity contribution in [3.63, 3.8) is 0 Å². The van der Waals surface area contributed by atoms with Crippen molar-refractivity contribution < 1.29 is 13.9 Å². The molecule has 0 unspecified atom stereocenters. The van der Waals surface area contributed by atoms with Gasteiger partial charge in [0, 0.05) is 6.07 Å². The first-order valence-electron chi connectivity index (χ1n) is 5.45. The molecular formula is C12H11N3O3. The van der Waals surface area contributed by atoms with Gasteiger partial charge >= 0.3 is 0 Å². The van der Waals surface area contributed by atoms with Gasteiger partial charge in [-0.25, -0.2) is 4.98 Å². The van der Waals surface area contributed by atoms with Crippen LogP contribution in [0.15, 0.2) is 35.1 Å². The number of amides is 1. The first-order valence-corrected chi connectivity index (χ1v) is 5.45.